The number of piperazine rings is 2. The van der Waals surface area contributed by atoms with Crippen LogP contribution in [-0.2, 0) is 14.8 Å². The van der Waals surface area contributed by atoms with Crippen LogP contribution >= 0.6 is 24.0 Å². The molecule has 11 heteroatoms. The van der Waals surface area contributed by atoms with Gasteiger partial charge in [-0.3, -0.25) is 9.89 Å². The third-order valence-electron chi connectivity index (χ3n) is 5.49. The van der Waals surface area contributed by atoms with Gasteiger partial charge >= 0.3 is 0 Å². The number of nitrogens with one attached hydrogen (secondary N) is 1. The molecule has 0 spiro atoms. The van der Waals surface area contributed by atoms with E-state index in [9.17, 15) is 8.42 Å². The molecule has 2 saturated heterocycles. The van der Waals surface area contributed by atoms with Gasteiger partial charge in [0.2, 0.25) is 10.0 Å². The Balaban J connectivity index is 0.00000450. The maximum Gasteiger partial charge on any atom is 0.216 e. The fourth-order valence-corrected chi connectivity index (χ4v) is 4.90. The number of nitrogens with zero attached hydrogens (tertiary/aromatic N) is 5. The van der Waals surface area contributed by atoms with Crippen molar-refractivity contribution in [3.05, 3.63) is 0 Å². The second kappa shape index (κ2) is 13.4. The fourth-order valence-electron chi connectivity index (χ4n) is 3.61. The van der Waals surface area contributed by atoms with Crippen molar-refractivity contribution in [3.63, 3.8) is 0 Å². The average Bonchev–Trinajstić information content (AvgIpc) is 2.67. The summed E-state index contributed by atoms with van der Waals surface area (Å²) in [5.41, 5.74) is 0. The highest BCUT2D eigenvalue weighted by atomic mass is 127. The monoisotopic (exact) mass is 560 g/mol. The molecule has 0 radical (unpaired) electrons. The SMILES string of the molecule is CCNC(=NCC1CN(C)CCN1C)N1CCN(S(=O)(=O)CCOC(C)C)CC1.I. The van der Waals surface area contributed by atoms with Crippen molar-refractivity contribution >= 4 is 40.0 Å². The van der Waals surface area contributed by atoms with Gasteiger partial charge in [-0.1, -0.05) is 0 Å². The summed E-state index contributed by atoms with van der Waals surface area (Å²) in [6, 6.07) is 0.407. The van der Waals surface area contributed by atoms with Crippen molar-refractivity contribution in [3.8, 4) is 0 Å². The molecule has 2 aliphatic rings. The number of rotatable bonds is 8. The fraction of sp³-hybridized carbons (Fsp3) is 0.947. The Bertz CT molecular complexity index is 626. The average molecular weight is 561 g/mol. The molecule has 0 aromatic heterocycles. The highest BCUT2D eigenvalue weighted by molar-refractivity contribution is 14.0. The largest absolute Gasteiger partial charge is 0.378 e. The molecule has 1 atom stereocenters. The molecular weight excluding hydrogens is 519 g/mol. The molecule has 178 valence electrons. The lowest BCUT2D eigenvalue weighted by Crippen LogP contribution is -2.55. The first-order chi connectivity index (χ1) is 13.7. The summed E-state index contributed by atoms with van der Waals surface area (Å²) in [6.45, 7) is 13.1. The molecule has 0 aromatic rings. The molecule has 2 aliphatic heterocycles. The van der Waals surface area contributed by atoms with Gasteiger partial charge in [0.15, 0.2) is 5.96 Å². The summed E-state index contributed by atoms with van der Waals surface area (Å²) in [4.78, 5) is 11.8. The predicted octanol–water partition coefficient (Wildman–Crippen LogP) is 0.188. The van der Waals surface area contributed by atoms with Crippen molar-refractivity contribution in [2.75, 3.05) is 85.4 Å². The minimum absolute atomic E-state index is 0. The molecule has 0 aromatic carbocycles. The van der Waals surface area contributed by atoms with Gasteiger partial charge in [-0.15, -0.1) is 24.0 Å². The van der Waals surface area contributed by atoms with E-state index < -0.39 is 10.0 Å². The Morgan fingerprint density at radius 2 is 1.80 bits per heavy atom. The molecule has 2 heterocycles. The Hall–Kier alpha value is -0.210. The summed E-state index contributed by atoms with van der Waals surface area (Å²) in [6.07, 6.45) is 0.0453. The first-order valence-corrected chi connectivity index (χ1v) is 12.3. The lowest BCUT2D eigenvalue weighted by molar-refractivity contribution is 0.0904. The van der Waals surface area contributed by atoms with Crippen LogP contribution in [0.5, 0.6) is 0 Å². The number of guanidine groups is 1. The topological polar surface area (TPSA) is 80.7 Å². The number of likely N-dealkylation sites (N-methyl/N-ethyl adjacent to an activating group) is 2. The van der Waals surface area contributed by atoms with Crippen LogP contribution in [0.25, 0.3) is 0 Å². The number of hydrogen-bond acceptors (Lipinski definition) is 6. The Morgan fingerprint density at radius 1 is 1.13 bits per heavy atom. The first kappa shape index (κ1) is 27.8. The van der Waals surface area contributed by atoms with E-state index in [0.29, 0.717) is 32.2 Å². The Labute approximate surface area is 200 Å². The van der Waals surface area contributed by atoms with Gasteiger partial charge in [-0.2, -0.15) is 4.31 Å². The minimum Gasteiger partial charge on any atom is -0.378 e. The molecule has 0 bridgehead atoms. The second-order valence-electron chi connectivity index (χ2n) is 8.21. The molecule has 1 unspecified atom stereocenters. The van der Waals surface area contributed by atoms with Crippen molar-refractivity contribution in [1.29, 1.82) is 0 Å². The molecular formula is C19H41IN6O3S. The quantitative estimate of drug-likeness (QED) is 0.258. The van der Waals surface area contributed by atoms with Gasteiger partial charge in [0.05, 0.1) is 25.0 Å². The van der Waals surface area contributed by atoms with Gasteiger partial charge in [0.1, 0.15) is 0 Å². The van der Waals surface area contributed by atoms with Crippen LogP contribution in [0.15, 0.2) is 4.99 Å². The summed E-state index contributed by atoms with van der Waals surface area (Å²) in [7, 11) is 1.04. The van der Waals surface area contributed by atoms with Gasteiger partial charge in [-0.05, 0) is 34.9 Å². The third kappa shape index (κ3) is 8.73. The molecule has 1 N–H and O–H groups in total. The zero-order chi connectivity index (χ0) is 21.4. The van der Waals surface area contributed by atoms with E-state index in [4.69, 9.17) is 9.73 Å². The molecule has 0 aliphatic carbocycles. The van der Waals surface area contributed by atoms with E-state index in [-0.39, 0.29) is 42.4 Å². The highest BCUT2D eigenvalue weighted by Crippen LogP contribution is 2.10. The van der Waals surface area contributed by atoms with Crippen molar-refractivity contribution in [1.82, 2.24) is 24.3 Å². The lowest BCUT2D eigenvalue weighted by Gasteiger charge is -2.38. The van der Waals surface area contributed by atoms with Crippen LogP contribution in [0, 0.1) is 0 Å². The summed E-state index contributed by atoms with van der Waals surface area (Å²) >= 11 is 0. The van der Waals surface area contributed by atoms with Crippen LogP contribution in [0.2, 0.25) is 0 Å². The number of hydrogen-bond donors (Lipinski definition) is 1. The molecule has 2 fully saturated rings. The van der Waals surface area contributed by atoms with Crippen molar-refractivity contribution in [2.45, 2.75) is 32.9 Å². The number of halogens is 1. The van der Waals surface area contributed by atoms with Gasteiger partial charge in [-0.25, -0.2) is 8.42 Å². The maximum absolute atomic E-state index is 12.5. The summed E-state index contributed by atoms with van der Waals surface area (Å²) < 4.78 is 32.1. The molecule has 0 amide bonds. The zero-order valence-electron chi connectivity index (χ0n) is 19.2. The van der Waals surface area contributed by atoms with Crippen LogP contribution in [0.3, 0.4) is 0 Å². The van der Waals surface area contributed by atoms with Gasteiger partial charge < -0.3 is 19.9 Å². The maximum atomic E-state index is 12.5. The normalized spacial score (nSPS) is 22.9. The standard InChI is InChI=1S/C19H40N6O3S.HI/c1-6-20-19(21-15-18-16-22(4)7-8-23(18)5)24-9-11-25(12-10-24)29(26,27)14-13-28-17(2)3;/h17-18H,6-16H2,1-5H3,(H,20,21);1H. The molecule has 9 nitrogen and oxygen atoms in total. The van der Waals surface area contributed by atoms with Crippen LogP contribution < -0.4 is 5.32 Å². The van der Waals surface area contributed by atoms with Crippen LogP contribution in [0.4, 0.5) is 0 Å². The number of aliphatic imine (C=N–C) groups is 1. The second-order valence-corrected chi connectivity index (χ2v) is 10.3. The van der Waals surface area contributed by atoms with Crippen molar-refractivity contribution in [2.24, 2.45) is 4.99 Å². The molecule has 2 rings (SSSR count). The van der Waals surface area contributed by atoms with Crippen molar-refractivity contribution < 1.29 is 13.2 Å². The smallest absolute Gasteiger partial charge is 0.216 e. The molecule has 30 heavy (non-hydrogen) atoms. The van der Waals surface area contributed by atoms with E-state index in [1.807, 2.05) is 13.8 Å². The predicted molar refractivity (Wildman–Crippen MR) is 133 cm³/mol. The zero-order valence-corrected chi connectivity index (χ0v) is 22.4. The van der Waals surface area contributed by atoms with Gasteiger partial charge in [0, 0.05) is 58.4 Å². The third-order valence-corrected chi connectivity index (χ3v) is 7.33. The van der Waals surface area contributed by atoms with E-state index in [1.165, 1.54) is 0 Å². The van der Waals surface area contributed by atoms with Gasteiger partial charge in [0.25, 0.3) is 0 Å². The number of ether oxygens (including phenoxy) is 1. The summed E-state index contributed by atoms with van der Waals surface area (Å²) in [5.74, 6) is 0.926. The Kier molecular flexibility index (Phi) is 12.4. The van der Waals surface area contributed by atoms with E-state index in [2.05, 4.69) is 41.0 Å². The van der Waals surface area contributed by atoms with E-state index in [1.54, 1.807) is 4.31 Å². The highest BCUT2D eigenvalue weighted by Gasteiger charge is 2.28. The minimum atomic E-state index is -3.27. The van der Waals surface area contributed by atoms with E-state index in [0.717, 1.165) is 38.7 Å². The Morgan fingerprint density at radius 3 is 2.40 bits per heavy atom. The lowest BCUT2D eigenvalue weighted by atomic mass is 10.2. The van der Waals surface area contributed by atoms with E-state index >= 15 is 0 Å². The summed E-state index contributed by atoms with van der Waals surface area (Å²) in [5, 5.41) is 3.37. The van der Waals surface area contributed by atoms with Crippen LogP contribution in [0.1, 0.15) is 20.8 Å². The first-order valence-electron chi connectivity index (χ1n) is 10.7. The number of sulfonamides is 1. The molecule has 0 saturated carbocycles. The van der Waals surface area contributed by atoms with Crippen LogP contribution in [-0.4, -0.2) is 131 Å².